The van der Waals surface area contributed by atoms with Gasteiger partial charge in [-0.2, -0.15) is 0 Å². The molecule has 0 unspecified atom stereocenters. The number of carboxylic acids is 1. The molecular weight excluding hydrogens is 472 g/mol. The summed E-state index contributed by atoms with van der Waals surface area (Å²) in [5, 5.41) is 13.9. The lowest BCUT2D eigenvalue weighted by Crippen LogP contribution is -2.29. The predicted octanol–water partition coefficient (Wildman–Crippen LogP) is 3.68. The molecule has 1 aliphatic rings. The molecular formula is C29H19N2O6-. The van der Waals surface area contributed by atoms with Crippen molar-refractivity contribution in [1.29, 1.82) is 0 Å². The molecule has 0 atom stereocenters. The lowest BCUT2D eigenvalue weighted by molar-refractivity contribution is -0.255. The largest absolute Gasteiger partial charge is 0.545 e. The quantitative estimate of drug-likeness (QED) is 0.394. The number of imide groups is 1. The van der Waals surface area contributed by atoms with Crippen LogP contribution in [-0.4, -0.2) is 23.7 Å². The van der Waals surface area contributed by atoms with Crippen LogP contribution in [0.3, 0.4) is 0 Å². The first-order chi connectivity index (χ1) is 17.9. The number of benzene rings is 4. The van der Waals surface area contributed by atoms with E-state index in [1.165, 1.54) is 24.3 Å². The summed E-state index contributed by atoms with van der Waals surface area (Å²) in [6.07, 6.45) is 0. The smallest absolute Gasteiger partial charge is 0.266 e. The van der Waals surface area contributed by atoms with Gasteiger partial charge >= 0.3 is 0 Å². The van der Waals surface area contributed by atoms with E-state index in [4.69, 9.17) is 4.74 Å². The number of nitrogens with one attached hydrogen (secondary N) is 1. The molecule has 37 heavy (non-hydrogen) atoms. The van der Waals surface area contributed by atoms with Crippen LogP contribution in [0.5, 0.6) is 5.75 Å². The number of carbonyl (C=O) groups is 4. The van der Waals surface area contributed by atoms with Crippen LogP contribution in [0.2, 0.25) is 0 Å². The van der Waals surface area contributed by atoms with E-state index in [0.29, 0.717) is 18.0 Å². The molecule has 3 amide bonds. The van der Waals surface area contributed by atoms with Crippen molar-refractivity contribution in [2.45, 2.75) is 6.61 Å². The number of anilines is 2. The number of hydrogen-bond acceptors (Lipinski definition) is 6. The highest BCUT2D eigenvalue weighted by atomic mass is 16.5. The molecule has 182 valence electrons. The average molecular weight is 491 g/mol. The SMILES string of the molecule is O=C([O-])c1ccc2c(c1)C(=O)N(c1cccc(C(=O)Nc3ccc(OCc4ccccc4)cc3)c1)C2=O. The number of rotatable bonds is 7. The molecule has 5 rings (SSSR count). The molecule has 1 aliphatic heterocycles. The third kappa shape index (κ3) is 4.81. The number of carboxylic acid groups (broad SMARTS) is 1. The van der Waals surface area contributed by atoms with E-state index >= 15 is 0 Å². The number of aromatic carboxylic acids is 1. The van der Waals surface area contributed by atoms with Crippen LogP contribution in [0.15, 0.2) is 97.1 Å². The molecule has 0 saturated heterocycles. The van der Waals surface area contributed by atoms with Crippen molar-refractivity contribution in [1.82, 2.24) is 0 Å². The van der Waals surface area contributed by atoms with E-state index in [1.807, 2.05) is 30.3 Å². The third-order valence-corrected chi connectivity index (χ3v) is 5.85. The van der Waals surface area contributed by atoms with Crippen molar-refractivity contribution in [3.63, 3.8) is 0 Å². The summed E-state index contributed by atoms with van der Waals surface area (Å²) >= 11 is 0. The Hall–Kier alpha value is -5.24. The van der Waals surface area contributed by atoms with Crippen molar-refractivity contribution in [2.75, 3.05) is 10.2 Å². The number of ether oxygens (including phenoxy) is 1. The van der Waals surface area contributed by atoms with E-state index in [1.54, 1.807) is 36.4 Å². The van der Waals surface area contributed by atoms with Gasteiger partial charge in [-0.25, -0.2) is 4.90 Å². The van der Waals surface area contributed by atoms with Crippen molar-refractivity contribution < 1.29 is 29.0 Å². The molecule has 0 saturated carbocycles. The number of carbonyl (C=O) groups excluding carboxylic acids is 4. The zero-order chi connectivity index (χ0) is 25.9. The minimum absolute atomic E-state index is 0.0314. The van der Waals surface area contributed by atoms with Crippen LogP contribution in [0, 0.1) is 0 Å². The zero-order valence-electron chi connectivity index (χ0n) is 19.3. The minimum Gasteiger partial charge on any atom is -0.545 e. The second-order valence-electron chi connectivity index (χ2n) is 8.30. The van der Waals surface area contributed by atoms with Gasteiger partial charge in [0.1, 0.15) is 12.4 Å². The Morgan fingerprint density at radius 2 is 1.49 bits per heavy atom. The standard InChI is InChI=1S/C29H20N2O6/c32-26(30-21-10-12-23(13-11-21)37-17-18-5-2-1-3-6-18)19-7-4-8-22(15-19)31-27(33)24-14-9-20(29(35)36)16-25(24)28(31)34/h1-16H,17H2,(H,30,32)(H,35,36)/p-1. The van der Waals surface area contributed by atoms with Crippen LogP contribution in [0.25, 0.3) is 0 Å². The highest BCUT2D eigenvalue weighted by molar-refractivity contribution is 6.34. The fraction of sp³-hybridized carbons (Fsp3) is 0.0345. The van der Waals surface area contributed by atoms with E-state index in [0.717, 1.165) is 16.5 Å². The molecule has 0 aromatic heterocycles. The van der Waals surface area contributed by atoms with Gasteiger partial charge in [-0.1, -0.05) is 42.5 Å². The maximum atomic E-state index is 12.9. The van der Waals surface area contributed by atoms with E-state index in [9.17, 15) is 24.3 Å². The van der Waals surface area contributed by atoms with Crippen LogP contribution in [-0.2, 0) is 6.61 Å². The minimum atomic E-state index is -1.45. The summed E-state index contributed by atoms with van der Waals surface area (Å²) < 4.78 is 5.76. The van der Waals surface area contributed by atoms with Gasteiger partial charge in [0.25, 0.3) is 17.7 Å². The molecule has 1 N–H and O–H groups in total. The molecule has 1 heterocycles. The predicted molar refractivity (Wildman–Crippen MR) is 134 cm³/mol. The Morgan fingerprint density at radius 1 is 0.757 bits per heavy atom. The van der Waals surface area contributed by atoms with Gasteiger partial charge in [0.15, 0.2) is 0 Å². The van der Waals surface area contributed by atoms with Gasteiger partial charge in [-0.15, -0.1) is 0 Å². The molecule has 0 aliphatic carbocycles. The average Bonchev–Trinajstić information content (AvgIpc) is 3.18. The van der Waals surface area contributed by atoms with Gasteiger partial charge in [0.2, 0.25) is 0 Å². The highest BCUT2D eigenvalue weighted by Crippen LogP contribution is 2.30. The Morgan fingerprint density at radius 3 is 2.22 bits per heavy atom. The summed E-state index contributed by atoms with van der Waals surface area (Å²) in [7, 11) is 0. The van der Waals surface area contributed by atoms with Crippen LogP contribution < -0.4 is 20.1 Å². The molecule has 0 spiro atoms. The summed E-state index contributed by atoms with van der Waals surface area (Å²) in [6.45, 7) is 0.422. The van der Waals surface area contributed by atoms with Crippen LogP contribution in [0.1, 0.15) is 47.0 Å². The summed E-state index contributed by atoms with van der Waals surface area (Å²) in [6, 6.07) is 26.3. The molecule has 4 aromatic carbocycles. The lowest BCUT2D eigenvalue weighted by atomic mass is 10.1. The normalized spacial score (nSPS) is 12.3. The second kappa shape index (κ2) is 9.79. The Labute approximate surface area is 211 Å². The van der Waals surface area contributed by atoms with Crippen molar-refractivity contribution in [3.8, 4) is 5.75 Å². The second-order valence-corrected chi connectivity index (χ2v) is 8.30. The first-order valence-electron chi connectivity index (χ1n) is 11.3. The molecule has 8 heteroatoms. The van der Waals surface area contributed by atoms with Gasteiger partial charge in [0, 0.05) is 11.3 Å². The molecule has 0 fully saturated rings. The van der Waals surface area contributed by atoms with Gasteiger partial charge < -0.3 is 20.0 Å². The Balaban J connectivity index is 1.28. The van der Waals surface area contributed by atoms with Crippen LogP contribution in [0.4, 0.5) is 11.4 Å². The molecule has 8 nitrogen and oxygen atoms in total. The van der Waals surface area contributed by atoms with Gasteiger partial charge in [0.05, 0.1) is 22.8 Å². The molecule has 0 bridgehead atoms. The summed E-state index contributed by atoms with van der Waals surface area (Å²) in [5.74, 6) is -2.51. The fourth-order valence-corrected chi connectivity index (χ4v) is 3.97. The van der Waals surface area contributed by atoms with Crippen molar-refractivity contribution in [2.24, 2.45) is 0 Å². The molecule has 0 radical (unpaired) electrons. The maximum absolute atomic E-state index is 12.9. The Bertz CT molecular complexity index is 1530. The third-order valence-electron chi connectivity index (χ3n) is 5.85. The number of fused-ring (bicyclic) bond motifs is 1. The van der Waals surface area contributed by atoms with E-state index in [-0.39, 0.29) is 27.9 Å². The van der Waals surface area contributed by atoms with Gasteiger partial charge in [-0.3, -0.25) is 14.4 Å². The summed E-state index contributed by atoms with van der Waals surface area (Å²) in [4.78, 5) is 50.7. The van der Waals surface area contributed by atoms with E-state index in [2.05, 4.69) is 5.32 Å². The first-order valence-corrected chi connectivity index (χ1v) is 11.3. The topological polar surface area (TPSA) is 116 Å². The first kappa shape index (κ1) is 23.5. The summed E-state index contributed by atoms with van der Waals surface area (Å²) in [5.41, 5.74) is 1.85. The van der Waals surface area contributed by atoms with Gasteiger partial charge in [-0.05, 0) is 65.7 Å². The maximum Gasteiger partial charge on any atom is 0.266 e. The number of nitrogens with zero attached hydrogens (tertiary/aromatic N) is 1. The van der Waals surface area contributed by atoms with Crippen molar-refractivity contribution >= 4 is 35.1 Å². The number of hydrogen-bond donors (Lipinski definition) is 1. The number of amides is 3. The fourth-order valence-electron chi connectivity index (χ4n) is 3.97. The monoisotopic (exact) mass is 491 g/mol. The van der Waals surface area contributed by atoms with Crippen LogP contribution >= 0.6 is 0 Å². The zero-order valence-corrected chi connectivity index (χ0v) is 19.3. The van der Waals surface area contributed by atoms with Crippen molar-refractivity contribution in [3.05, 3.63) is 125 Å². The highest BCUT2D eigenvalue weighted by Gasteiger charge is 2.37. The lowest BCUT2D eigenvalue weighted by Gasteiger charge is -2.15. The molecule has 4 aromatic rings. The Kier molecular flexibility index (Phi) is 6.22. The van der Waals surface area contributed by atoms with E-state index < -0.39 is 23.7 Å².